The molecule has 106 valence electrons. The van der Waals surface area contributed by atoms with Crippen molar-refractivity contribution in [1.82, 2.24) is 0 Å². The molecule has 0 saturated carbocycles. The first-order chi connectivity index (χ1) is 9.36. The van der Waals surface area contributed by atoms with Crippen molar-refractivity contribution in [1.29, 1.82) is 0 Å². The highest BCUT2D eigenvalue weighted by Gasteiger charge is 2.29. The lowest BCUT2D eigenvalue weighted by atomic mass is 10.2. The van der Waals surface area contributed by atoms with Gasteiger partial charge in [0.05, 0.1) is 16.3 Å². The lowest BCUT2D eigenvalue weighted by molar-refractivity contribution is -0.137. The van der Waals surface area contributed by atoms with Crippen molar-refractivity contribution in [2.24, 2.45) is 0 Å². The third kappa shape index (κ3) is 3.57. The molecule has 0 heterocycles. The number of hydrogen-bond donors (Lipinski definition) is 1. The van der Waals surface area contributed by atoms with Crippen LogP contribution in [-0.2, 0) is 12.8 Å². The van der Waals surface area contributed by atoms with Crippen LogP contribution in [-0.4, -0.2) is 0 Å². The molecule has 2 aromatic rings. The van der Waals surface area contributed by atoms with Crippen LogP contribution in [0.4, 0.5) is 18.9 Å². The van der Waals surface area contributed by atoms with E-state index in [0.717, 1.165) is 17.7 Å². The number of ether oxygens (including phenoxy) is 1. The van der Waals surface area contributed by atoms with E-state index in [0.29, 0.717) is 16.5 Å². The topological polar surface area (TPSA) is 35.2 Å². The Bertz CT molecular complexity index is 596. The van der Waals surface area contributed by atoms with E-state index in [4.69, 9.17) is 22.1 Å². The van der Waals surface area contributed by atoms with Gasteiger partial charge < -0.3 is 10.5 Å². The summed E-state index contributed by atoms with van der Waals surface area (Å²) in [6, 6.07) is 9.56. The van der Waals surface area contributed by atoms with Crippen molar-refractivity contribution >= 4 is 17.3 Å². The number of benzene rings is 2. The van der Waals surface area contributed by atoms with Crippen LogP contribution < -0.4 is 10.5 Å². The molecule has 0 radical (unpaired) electrons. The largest absolute Gasteiger partial charge is 0.489 e. The molecule has 0 fully saturated rings. The van der Waals surface area contributed by atoms with E-state index in [2.05, 4.69) is 0 Å². The second-order valence-corrected chi connectivity index (χ2v) is 4.57. The molecule has 0 aliphatic heterocycles. The van der Waals surface area contributed by atoms with Gasteiger partial charge in [0, 0.05) is 0 Å². The summed E-state index contributed by atoms with van der Waals surface area (Å²) >= 11 is 5.86. The Morgan fingerprint density at radius 2 is 1.70 bits per heavy atom. The first kappa shape index (κ1) is 14.5. The second-order valence-electron chi connectivity index (χ2n) is 4.17. The number of nitrogen functional groups attached to an aromatic ring is 1. The van der Waals surface area contributed by atoms with E-state index in [9.17, 15) is 13.2 Å². The molecular weight excluding hydrogens is 291 g/mol. The van der Waals surface area contributed by atoms with Crippen molar-refractivity contribution in [2.45, 2.75) is 12.8 Å². The van der Waals surface area contributed by atoms with Crippen LogP contribution in [0.2, 0.25) is 5.02 Å². The van der Waals surface area contributed by atoms with Gasteiger partial charge in [0.2, 0.25) is 0 Å². The van der Waals surface area contributed by atoms with Gasteiger partial charge in [0.25, 0.3) is 0 Å². The molecule has 2 aromatic carbocycles. The summed E-state index contributed by atoms with van der Waals surface area (Å²) in [5.41, 5.74) is 6.11. The van der Waals surface area contributed by atoms with E-state index in [-0.39, 0.29) is 6.61 Å². The molecule has 0 spiro atoms. The Labute approximate surface area is 118 Å². The number of alkyl halides is 3. The first-order valence-corrected chi connectivity index (χ1v) is 6.08. The van der Waals surface area contributed by atoms with Gasteiger partial charge in [0.1, 0.15) is 12.4 Å². The maximum Gasteiger partial charge on any atom is 0.416 e. The summed E-state index contributed by atoms with van der Waals surface area (Å²) in [5, 5.41) is 0.415. The van der Waals surface area contributed by atoms with E-state index in [1.165, 1.54) is 12.1 Å². The summed E-state index contributed by atoms with van der Waals surface area (Å²) in [5.74, 6) is 0.353. The Morgan fingerprint density at radius 3 is 2.25 bits per heavy atom. The summed E-state index contributed by atoms with van der Waals surface area (Å²) < 4.78 is 42.5. The normalized spacial score (nSPS) is 11.4. The van der Waals surface area contributed by atoms with Crippen LogP contribution in [0, 0.1) is 0 Å². The van der Waals surface area contributed by atoms with E-state index < -0.39 is 11.7 Å². The van der Waals surface area contributed by atoms with Crippen LogP contribution in [0.3, 0.4) is 0 Å². The van der Waals surface area contributed by atoms with Crippen LogP contribution in [0.5, 0.6) is 5.75 Å². The predicted molar refractivity (Wildman–Crippen MR) is 71.6 cm³/mol. The zero-order chi connectivity index (χ0) is 14.8. The van der Waals surface area contributed by atoms with Crippen LogP contribution >= 0.6 is 11.6 Å². The fraction of sp³-hybridized carbons (Fsp3) is 0.143. The fourth-order valence-corrected chi connectivity index (χ4v) is 1.77. The second kappa shape index (κ2) is 5.63. The van der Waals surface area contributed by atoms with Gasteiger partial charge in [-0.15, -0.1) is 0 Å². The van der Waals surface area contributed by atoms with E-state index in [1.807, 2.05) is 0 Å². The third-order valence-electron chi connectivity index (χ3n) is 2.65. The minimum Gasteiger partial charge on any atom is -0.489 e. The molecule has 20 heavy (non-hydrogen) atoms. The molecular formula is C14H11ClF3NO. The highest BCUT2D eigenvalue weighted by atomic mass is 35.5. The van der Waals surface area contributed by atoms with Crippen molar-refractivity contribution in [3.63, 3.8) is 0 Å². The molecule has 0 aliphatic rings. The van der Waals surface area contributed by atoms with Crippen LogP contribution in [0.15, 0.2) is 42.5 Å². The van der Waals surface area contributed by atoms with Crippen molar-refractivity contribution < 1.29 is 17.9 Å². The quantitative estimate of drug-likeness (QED) is 0.846. The molecule has 0 atom stereocenters. The summed E-state index contributed by atoms with van der Waals surface area (Å²) in [6.45, 7) is 0.200. The molecule has 0 saturated heterocycles. The number of hydrogen-bond acceptors (Lipinski definition) is 2. The molecule has 2 N–H and O–H groups in total. The van der Waals surface area contributed by atoms with Gasteiger partial charge >= 0.3 is 6.18 Å². The van der Waals surface area contributed by atoms with Crippen LogP contribution in [0.25, 0.3) is 0 Å². The Morgan fingerprint density at radius 1 is 1.05 bits per heavy atom. The van der Waals surface area contributed by atoms with Crippen LogP contribution in [0.1, 0.15) is 11.1 Å². The number of anilines is 1. The lowest BCUT2D eigenvalue weighted by Gasteiger charge is -2.09. The molecule has 0 unspecified atom stereocenters. The summed E-state index contributed by atoms with van der Waals surface area (Å²) in [4.78, 5) is 0. The van der Waals surface area contributed by atoms with Crippen molar-refractivity contribution in [3.8, 4) is 5.75 Å². The molecule has 0 aromatic heterocycles. The molecule has 2 nitrogen and oxygen atoms in total. The van der Waals surface area contributed by atoms with Crippen molar-refractivity contribution in [3.05, 3.63) is 58.6 Å². The average molecular weight is 302 g/mol. The van der Waals surface area contributed by atoms with Gasteiger partial charge in [-0.1, -0.05) is 17.7 Å². The summed E-state index contributed by atoms with van der Waals surface area (Å²) in [7, 11) is 0. The molecule has 0 aliphatic carbocycles. The zero-order valence-electron chi connectivity index (χ0n) is 10.2. The van der Waals surface area contributed by atoms with Gasteiger partial charge in [0.15, 0.2) is 0 Å². The highest BCUT2D eigenvalue weighted by Crippen LogP contribution is 2.30. The van der Waals surface area contributed by atoms with Gasteiger partial charge in [-0.25, -0.2) is 0 Å². The monoisotopic (exact) mass is 301 g/mol. The standard InChI is InChI=1S/C14H11ClF3NO/c15-12-7-9(1-6-13(12)19)8-20-11-4-2-10(3-5-11)14(16,17)18/h1-7H,8,19H2. The van der Waals surface area contributed by atoms with Gasteiger partial charge in [-0.05, 0) is 42.0 Å². The maximum absolute atomic E-state index is 12.4. The Kier molecular flexibility index (Phi) is 4.09. The molecule has 6 heteroatoms. The van der Waals surface area contributed by atoms with Gasteiger partial charge in [-0.2, -0.15) is 13.2 Å². The number of nitrogens with two attached hydrogens (primary N) is 1. The van der Waals surface area contributed by atoms with Gasteiger partial charge in [-0.3, -0.25) is 0 Å². The fourth-order valence-electron chi connectivity index (χ4n) is 1.57. The zero-order valence-corrected chi connectivity index (χ0v) is 11.0. The lowest BCUT2D eigenvalue weighted by Crippen LogP contribution is -2.04. The average Bonchev–Trinajstić information content (AvgIpc) is 2.40. The summed E-state index contributed by atoms with van der Waals surface area (Å²) in [6.07, 6.45) is -4.34. The van der Waals surface area contributed by atoms with E-state index >= 15 is 0 Å². The third-order valence-corrected chi connectivity index (χ3v) is 2.98. The maximum atomic E-state index is 12.4. The smallest absolute Gasteiger partial charge is 0.416 e. The predicted octanol–water partition coefficient (Wildman–Crippen LogP) is 4.52. The minimum atomic E-state index is -4.34. The molecule has 2 rings (SSSR count). The molecule has 0 bridgehead atoms. The Balaban J connectivity index is 2.02. The first-order valence-electron chi connectivity index (χ1n) is 5.70. The minimum absolute atomic E-state index is 0.200. The van der Waals surface area contributed by atoms with E-state index in [1.54, 1.807) is 18.2 Å². The number of rotatable bonds is 3. The van der Waals surface area contributed by atoms with Crippen molar-refractivity contribution in [2.75, 3.05) is 5.73 Å². The SMILES string of the molecule is Nc1ccc(COc2ccc(C(F)(F)F)cc2)cc1Cl. The highest BCUT2D eigenvalue weighted by molar-refractivity contribution is 6.33. The number of halogens is 4. The Hall–Kier alpha value is -1.88. The molecule has 0 amide bonds.